The van der Waals surface area contributed by atoms with Crippen LogP contribution in [0.1, 0.15) is 55.4 Å². The number of rotatable bonds is 6. The van der Waals surface area contributed by atoms with Crippen molar-refractivity contribution in [1.29, 1.82) is 0 Å². The van der Waals surface area contributed by atoms with E-state index < -0.39 is 11.7 Å². The highest BCUT2D eigenvalue weighted by molar-refractivity contribution is 5.89. The minimum atomic E-state index is -0.525. The Kier molecular flexibility index (Phi) is 5.89. The summed E-state index contributed by atoms with van der Waals surface area (Å²) in [6.45, 7) is 9.76. The maximum Gasteiger partial charge on any atom is 0.173 e. The Morgan fingerprint density at radius 3 is 2.59 bits per heavy atom. The number of phenols is 1. The normalized spacial score (nSPS) is 18.7. The molecule has 3 aromatic rings. The zero-order valence-corrected chi connectivity index (χ0v) is 19.6. The van der Waals surface area contributed by atoms with Crippen molar-refractivity contribution in [2.75, 3.05) is 0 Å². The predicted octanol–water partition coefficient (Wildman–Crippen LogP) is 6.37. The molecule has 4 rings (SSSR count). The summed E-state index contributed by atoms with van der Waals surface area (Å²) in [5.74, 6) is 2.05. The third kappa shape index (κ3) is 4.06. The van der Waals surface area contributed by atoms with Gasteiger partial charge in [0.25, 0.3) is 0 Å². The van der Waals surface area contributed by atoms with Crippen molar-refractivity contribution in [3.63, 3.8) is 0 Å². The molecule has 0 fully saturated rings. The van der Waals surface area contributed by atoms with E-state index in [4.69, 9.17) is 9.47 Å². The lowest BCUT2D eigenvalue weighted by Crippen LogP contribution is -2.38. The molecule has 2 unspecified atom stereocenters. The molecule has 0 saturated heterocycles. The number of ketones is 1. The van der Waals surface area contributed by atoms with E-state index in [0.29, 0.717) is 18.6 Å². The Balaban J connectivity index is 1.44. The fourth-order valence-electron chi connectivity index (χ4n) is 4.62. The van der Waals surface area contributed by atoms with Crippen LogP contribution in [0.15, 0.2) is 42.5 Å². The van der Waals surface area contributed by atoms with Gasteiger partial charge in [-0.25, -0.2) is 0 Å². The zero-order chi connectivity index (χ0) is 23.0. The van der Waals surface area contributed by atoms with E-state index in [-0.39, 0.29) is 5.78 Å². The summed E-state index contributed by atoms with van der Waals surface area (Å²) in [7, 11) is 0. The van der Waals surface area contributed by atoms with Gasteiger partial charge in [0.1, 0.15) is 22.8 Å². The summed E-state index contributed by atoms with van der Waals surface area (Å²) < 4.78 is 12.5. The van der Waals surface area contributed by atoms with Gasteiger partial charge < -0.3 is 14.6 Å². The van der Waals surface area contributed by atoms with Crippen molar-refractivity contribution in [3.8, 4) is 17.2 Å². The molecule has 1 aliphatic rings. The van der Waals surface area contributed by atoms with Gasteiger partial charge in [-0.3, -0.25) is 4.79 Å². The van der Waals surface area contributed by atoms with Crippen LogP contribution in [0.5, 0.6) is 17.2 Å². The Bertz CT molecular complexity index is 1170. The zero-order valence-electron chi connectivity index (χ0n) is 19.6. The Morgan fingerprint density at radius 2 is 1.81 bits per heavy atom. The predicted molar refractivity (Wildman–Crippen MR) is 128 cm³/mol. The van der Waals surface area contributed by atoms with Crippen molar-refractivity contribution in [1.82, 2.24) is 0 Å². The molecule has 0 spiro atoms. The third-order valence-electron chi connectivity index (χ3n) is 7.00. The average molecular weight is 433 g/mol. The number of hydrogen-bond donors (Lipinski definition) is 1. The summed E-state index contributed by atoms with van der Waals surface area (Å²) in [4.78, 5) is 12.9. The maximum absolute atomic E-state index is 12.9. The van der Waals surface area contributed by atoms with Crippen LogP contribution >= 0.6 is 0 Å². The monoisotopic (exact) mass is 432 g/mol. The molecule has 0 bridgehead atoms. The molecular weight excluding hydrogens is 400 g/mol. The van der Waals surface area contributed by atoms with Gasteiger partial charge in [0.2, 0.25) is 0 Å². The number of carbonyl (C=O) groups is 1. The molecule has 1 heterocycles. The average Bonchev–Trinajstić information content (AvgIpc) is 2.80. The van der Waals surface area contributed by atoms with Gasteiger partial charge in [-0.15, -0.1) is 0 Å². The first-order valence-corrected chi connectivity index (χ1v) is 11.4. The quantitative estimate of drug-likeness (QED) is 0.492. The summed E-state index contributed by atoms with van der Waals surface area (Å²) in [6, 6.07) is 13.9. The molecule has 1 aliphatic heterocycles. The molecule has 4 nitrogen and oxygen atoms in total. The molecule has 2 atom stereocenters. The molecule has 0 amide bonds. The van der Waals surface area contributed by atoms with E-state index in [1.807, 2.05) is 70.2 Å². The maximum atomic E-state index is 12.9. The summed E-state index contributed by atoms with van der Waals surface area (Å²) in [5, 5.41) is 12.5. The highest BCUT2D eigenvalue weighted by Gasteiger charge is 2.35. The third-order valence-corrected chi connectivity index (χ3v) is 7.00. The molecule has 168 valence electrons. The van der Waals surface area contributed by atoms with Gasteiger partial charge in [0.15, 0.2) is 11.9 Å². The van der Waals surface area contributed by atoms with E-state index in [1.54, 1.807) is 0 Å². The van der Waals surface area contributed by atoms with Crippen molar-refractivity contribution in [2.45, 2.75) is 72.0 Å². The van der Waals surface area contributed by atoms with Crippen molar-refractivity contribution >= 4 is 16.6 Å². The molecule has 0 radical (unpaired) electrons. The first-order valence-electron chi connectivity index (χ1n) is 11.4. The van der Waals surface area contributed by atoms with Crippen LogP contribution in [0.25, 0.3) is 10.8 Å². The molecule has 3 aromatic carbocycles. The second kappa shape index (κ2) is 8.50. The number of benzene rings is 3. The molecule has 0 aliphatic carbocycles. The van der Waals surface area contributed by atoms with E-state index in [1.165, 1.54) is 0 Å². The largest absolute Gasteiger partial charge is 0.507 e. The van der Waals surface area contributed by atoms with Crippen LogP contribution in [-0.2, 0) is 11.2 Å². The van der Waals surface area contributed by atoms with Crippen LogP contribution in [0.4, 0.5) is 0 Å². The van der Waals surface area contributed by atoms with Crippen molar-refractivity contribution < 1.29 is 19.4 Å². The first-order chi connectivity index (χ1) is 15.2. The van der Waals surface area contributed by atoms with Crippen LogP contribution in [0.2, 0.25) is 0 Å². The number of ether oxygens (including phenoxy) is 2. The van der Waals surface area contributed by atoms with E-state index >= 15 is 0 Å². The van der Waals surface area contributed by atoms with Gasteiger partial charge in [0, 0.05) is 17.4 Å². The molecule has 0 saturated carbocycles. The van der Waals surface area contributed by atoms with Crippen LogP contribution in [-0.4, -0.2) is 22.6 Å². The van der Waals surface area contributed by atoms with Gasteiger partial charge in [-0.1, -0.05) is 36.4 Å². The fraction of sp³-hybridized carbons (Fsp3) is 0.393. The smallest absolute Gasteiger partial charge is 0.173 e. The lowest BCUT2D eigenvalue weighted by atomic mass is 9.84. The standard InChI is InChI=1S/C28H32O4/c1-17-18(2)27-22(19(3)26(17)30)13-15-28(5,32-27)16-14-24(29)20(4)31-25-12-8-10-21-9-6-7-11-23(21)25/h6-12,20,30H,13-16H2,1-5H3. The van der Waals surface area contributed by atoms with Crippen molar-refractivity contribution in [3.05, 3.63) is 64.7 Å². The molecular formula is C28H32O4. The van der Waals surface area contributed by atoms with Gasteiger partial charge in [-0.05, 0) is 82.0 Å². The minimum absolute atomic E-state index is 0.0725. The fourth-order valence-corrected chi connectivity index (χ4v) is 4.62. The number of Topliss-reactive ketones (excluding diaryl/α,β-unsaturated/α-hetero) is 1. The Labute approximate surface area is 190 Å². The molecule has 0 aromatic heterocycles. The number of phenolic OH excluding ortho intramolecular Hbond substituents is 1. The van der Waals surface area contributed by atoms with Crippen LogP contribution < -0.4 is 9.47 Å². The topological polar surface area (TPSA) is 55.8 Å². The number of aromatic hydroxyl groups is 1. The van der Waals surface area contributed by atoms with Crippen LogP contribution in [0.3, 0.4) is 0 Å². The Morgan fingerprint density at radius 1 is 1.09 bits per heavy atom. The molecule has 1 N–H and O–H groups in total. The van der Waals surface area contributed by atoms with Crippen LogP contribution in [0, 0.1) is 20.8 Å². The second-order valence-electron chi connectivity index (χ2n) is 9.29. The van der Waals surface area contributed by atoms with Gasteiger partial charge in [0.05, 0.1) is 0 Å². The number of carbonyl (C=O) groups excluding carboxylic acids is 1. The highest BCUT2D eigenvalue weighted by atomic mass is 16.5. The van der Waals surface area contributed by atoms with E-state index in [2.05, 4.69) is 6.92 Å². The molecule has 32 heavy (non-hydrogen) atoms. The second-order valence-corrected chi connectivity index (χ2v) is 9.29. The van der Waals surface area contributed by atoms with Crippen molar-refractivity contribution in [2.24, 2.45) is 0 Å². The summed E-state index contributed by atoms with van der Waals surface area (Å²) >= 11 is 0. The lowest BCUT2D eigenvalue weighted by Gasteiger charge is -2.38. The van der Waals surface area contributed by atoms with Gasteiger partial charge >= 0.3 is 0 Å². The van der Waals surface area contributed by atoms with Gasteiger partial charge in [-0.2, -0.15) is 0 Å². The SMILES string of the molecule is Cc1c(C)c2c(c(C)c1O)CCC(C)(CCC(=O)C(C)Oc1cccc3ccccc13)O2. The summed E-state index contributed by atoms with van der Waals surface area (Å²) in [5.41, 5.74) is 3.41. The minimum Gasteiger partial charge on any atom is -0.507 e. The summed E-state index contributed by atoms with van der Waals surface area (Å²) in [6.07, 6.45) is 2.15. The molecule has 4 heteroatoms. The Hall–Kier alpha value is -3.01. The van der Waals surface area contributed by atoms with E-state index in [0.717, 1.165) is 57.4 Å². The first kappa shape index (κ1) is 22.2. The van der Waals surface area contributed by atoms with E-state index in [9.17, 15) is 9.90 Å². The number of hydrogen-bond acceptors (Lipinski definition) is 4. The highest BCUT2D eigenvalue weighted by Crippen LogP contribution is 2.44. The lowest BCUT2D eigenvalue weighted by molar-refractivity contribution is -0.126. The number of fused-ring (bicyclic) bond motifs is 2.